The van der Waals surface area contributed by atoms with Crippen LogP contribution in [-0.2, 0) is 15.6 Å². The Morgan fingerprint density at radius 1 is 0.857 bits per heavy atom. The number of hydrogen-bond acceptors (Lipinski definition) is 3. The summed E-state index contributed by atoms with van der Waals surface area (Å²) in [6.07, 6.45) is 0. The molecule has 0 radical (unpaired) electrons. The number of benzene rings is 1. The van der Waals surface area contributed by atoms with Gasteiger partial charge in [-0.05, 0) is 41.0 Å². The van der Waals surface area contributed by atoms with Gasteiger partial charge < -0.3 is 4.74 Å². The number of Topliss-reactive ketones (excluding diaryl/α,β-unsaturated/α-hetero) is 1. The summed E-state index contributed by atoms with van der Waals surface area (Å²) < 4.78 is 5.27. The van der Waals surface area contributed by atoms with E-state index >= 15 is 0 Å². The van der Waals surface area contributed by atoms with Crippen molar-refractivity contribution < 1.29 is 14.3 Å². The zero-order valence-corrected chi connectivity index (χ0v) is 14.4. The molecule has 0 saturated heterocycles. The molecule has 3 nitrogen and oxygen atoms in total. The summed E-state index contributed by atoms with van der Waals surface area (Å²) in [5.41, 5.74) is 2.15. The third kappa shape index (κ3) is 4.16. The molecule has 0 spiro atoms. The Morgan fingerprint density at radius 2 is 1.24 bits per heavy atom. The van der Waals surface area contributed by atoms with Gasteiger partial charge in [-0.25, -0.2) is 0 Å². The third-order valence-electron chi connectivity index (χ3n) is 3.34. The molecule has 0 bridgehead atoms. The number of ether oxygens (including phenoxy) is 1. The number of ketones is 1. The van der Waals surface area contributed by atoms with Crippen LogP contribution in [0.2, 0.25) is 0 Å². The van der Waals surface area contributed by atoms with E-state index in [1.165, 1.54) is 6.92 Å². The Kier molecular flexibility index (Phi) is 4.66. The zero-order valence-electron chi connectivity index (χ0n) is 14.4. The van der Waals surface area contributed by atoms with Crippen molar-refractivity contribution >= 4 is 11.8 Å². The lowest BCUT2D eigenvalue weighted by atomic mass is 9.75. The molecule has 1 aromatic rings. The fraction of sp³-hybridized carbons (Fsp3) is 0.556. The summed E-state index contributed by atoms with van der Waals surface area (Å²) in [5, 5.41) is 0. The van der Waals surface area contributed by atoms with Gasteiger partial charge >= 0.3 is 5.97 Å². The Morgan fingerprint density at radius 3 is 1.48 bits per heavy atom. The smallest absolute Gasteiger partial charge is 0.308 e. The normalized spacial score (nSPS) is 12.2. The number of hydrogen-bond donors (Lipinski definition) is 0. The van der Waals surface area contributed by atoms with Crippen molar-refractivity contribution in [2.75, 3.05) is 0 Å². The minimum Gasteiger partial charge on any atom is -0.427 e. The lowest BCUT2D eigenvalue weighted by Crippen LogP contribution is -2.23. The highest BCUT2D eigenvalue weighted by molar-refractivity contribution is 5.98. The van der Waals surface area contributed by atoms with E-state index < -0.39 is 0 Å². The molecule has 0 amide bonds. The van der Waals surface area contributed by atoms with Crippen molar-refractivity contribution in [3.63, 3.8) is 0 Å². The van der Waals surface area contributed by atoms with Gasteiger partial charge in [-0.2, -0.15) is 0 Å². The van der Waals surface area contributed by atoms with Crippen LogP contribution in [0.25, 0.3) is 0 Å². The Hall–Kier alpha value is -1.64. The van der Waals surface area contributed by atoms with E-state index in [1.807, 2.05) is 12.1 Å². The standard InChI is InChI=1S/C18H26O3/c1-11(19)16-14(17(3,4)5)9-13(21-12(2)20)10-15(16)18(6,7)8/h9-10H,1-8H3. The molecule has 0 aliphatic heterocycles. The molecule has 0 aliphatic carbocycles. The maximum Gasteiger partial charge on any atom is 0.308 e. The monoisotopic (exact) mass is 290 g/mol. The first-order valence-electron chi connectivity index (χ1n) is 7.22. The van der Waals surface area contributed by atoms with Gasteiger partial charge in [0.05, 0.1) is 0 Å². The van der Waals surface area contributed by atoms with E-state index in [0.717, 1.165) is 16.7 Å². The van der Waals surface area contributed by atoms with Crippen LogP contribution in [0.1, 0.15) is 76.9 Å². The van der Waals surface area contributed by atoms with E-state index in [-0.39, 0.29) is 22.6 Å². The van der Waals surface area contributed by atoms with Crippen LogP contribution >= 0.6 is 0 Å². The molecule has 0 fully saturated rings. The first-order chi connectivity index (χ1) is 9.34. The molecule has 0 atom stereocenters. The fourth-order valence-corrected chi connectivity index (χ4v) is 2.40. The summed E-state index contributed by atoms with van der Waals surface area (Å²) in [6.45, 7) is 15.3. The van der Waals surface area contributed by atoms with Crippen molar-refractivity contribution in [1.82, 2.24) is 0 Å². The zero-order chi connectivity index (χ0) is 16.6. The molecule has 1 aromatic carbocycles. The summed E-state index contributed by atoms with van der Waals surface area (Å²) >= 11 is 0. The molecular weight excluding hydrogens is 264 g/mol. The van der Waals surface area contributed by atoms with Crippen molar-refractivity contribution in [3.05, 3.63) is 28.8 Å². The lowest BCUT2D eigenvalue weighted by molar-refractivity contribution is -0.131. The molecule has 1 rings (SSSR count). The van der Waals surface area contributed by atoms with Crippen LogP contribution in [0.3, 0.4) is 0 Å². The second-order valence-electron chi connectivity index (χ2n) is 7.54. The molecule has 0 aromatic heterocycles. The second-order valence-corrected chi connectivity index (χ2v) is 7.54. The fourth-order valence-electron chi connectivity index (χ4n) is 2.40. The molecule has 0 N–H and O–H groups in total. The summed E-state index contributed by atoms with van der Waals surface area (Å²) in [5.74, 6) is 0.187. The van der Waals surface area contributed by atoms with Crippen molar-refractivity contribution in [1.29, 1.82) is 0 Å². The van der Waals surface area contributed by atoms with Crippen LogP contribution in [0.4, 0.5) is 0 Å². The molecule has 3 heteroatoms. The van der Waals surface area contributed by atoms with Crippen molar-refractivity contribution in [2.24, 2.45) is 0 Å². The first-order valence-corrected chi connectivity index (χ1v) is 7.22. The van der Waals surface area contributed by atoms with Gasteiger partial charge in [0, 0.05) is 12.5 Å². The third-order valence-corrected chi connectivity index (χ3v) is 3.34. The van der Waals surface area contributed by atoms with E-state index in [0.29, 0.717) is 5.75 Å². The van der Waals surface area contributed by atoms with Gasteiger partial charge in [0.15, 0.2) is 5.78 Å². The summed E-state index contributed by atoms with van der Waals surface area (Å²) in [6, 6.07) is 3.63. The van der Waals surface area contributed by atoms with Gasteiger partial charge in [0.25, 0.3) is 0 Å². The number of carbonyl (C=O) groups excluding carboxylic acids is 2. The Bertz CT molecular complexity index is 534. The molecule has 116 valence electrons. The van der Waals surface area contributed by atoms with Crippen LogP contribution < -0.4 is 4.74 Å². The van der Waals surface area contributed by atoms with Crippen LogP contribution in [0, 0.1) is 0 Å². The predicted octanol–water partition coefficient (Wildman–Crippen LogP) is 4.41. The summed E-state index contributed by atoms with van der Waals surface area (Å²) in [7, 11) is 0. The quantitative estimate of drug-likeness (QED) is 0.460. The maximum atomic E-state index is 12.2. The maximum absolute atomic E-state index is 12.2. The molecule has 0 saturated carbocycles. The van der Waals surface area contributed by atoms with Crippen molar-refractivity contribution in [2.45, 2.75) is 66.2 Å². The van der Waals surface area contributed by atoms with E-state index in [2.05, 4.69) is 41.5 Å². The average Bonchev–Trinajstić information content (AvgIpc) is 2.24. The molecule has 0 heterocycles. The second kappa shape index (κ2) is 5.63. The lowest BCUT2D eigenvalue weighted by Gasteiger charge is -2.29. The highest BCUT2D eigenvalue weighted by atomic mass is 16.5. The number of carbonyl (C=O) groups is 2. The molecule has 0 aliphatic rings. The van der Waals surface area contributed by atoms with Crippen LogP contribution in [-0.4, -0.2) is 11.8 Å². The number of rotatable bonds is 2. The minimum atomic E-state index is -0.356. The van der Waals surface area contributed by atoms with Gasteiger partial charge in [0.2, 0.25) is 0 Å². The van der Waals surface area contributed by atoms with Gasteiger partial charge in [-0.1, -0.05) is 41.5 Å². The molecule has 0 unspecified atom stereocenters. The van der Waals surface area contributed by atoms with Crippen molar-refractivity contribution in [3.8, 4) is 5.75 Å². The predicted molar refractivity (Wildman–Crippen MR) is 85.2 cm³/mol. The van der Waals surface area contributed by atoms with Gasteiger partial charge in [-0.3, -0.25) is 9.59 Å². The SMILES string of the molecule is CC(=O)Oc1cc(C(C)(C)C)c(C(C)=O)c(C(C)(C)C)c1. The minimum absolute atomic E-state index is 0.0409. The first kappa shape index (κ1) is 17.4. The van der Waals surface area contributed by atoms with E-state index in [9.17, 15) is 9.59 Å². The van der Waals surface area contributed by atoms with E-state index in [1.54, 1.807) is 6.92 Å². The molecular formula is C18H26O3. The highest BCUT2D eigenvalue weighted by Crippen LogP contribution is 2.37. The van der Waals surface area contributed by atoms with Gasteiger partial charge in [-0.15, -0.1) is 0 Å². The largest absolute Gasteiger partial charge is 0.427 e. The van der Waals surface area contributed by atoms with Crippen LogP contribution in [0.5, 0.6) is 5.75 Å². The summed E-state index contributed by atoms with van der Waals surface area (Å²) in [4.78, 5) is 23.5. The Labute approximate surface area is 127 Å². The Balaban J connectivity index is 3.75. The molecule has 21 heavy (non-hydrogen) atoms. The highest BCUT2D eigenvalue weighted by Gasteiger charge is 2.29. The van der Waals surface area contributed by atoms with Gasteiger partial charge in [0.1, 0.15) is 5.75 Å². The van der Waals surface area contributed by atoms with Crippen LogP contribution in [0.15, 0.2) is 12.1 Å². The topological polar surface area (TPSA) is 43.4 Å². The average molecular weight is 290 g/mol. The number of esters is 1. The van der Waals surface area contributed by atoms with E-state index in [4.69, 9.17) is 4.74 Å².